The molecule has 2 aliphatic rings. The zero-order valence-electron chi connectivity index (χ0n) is 14.8. The Hall–Kier alpha value is -1.72. The molecule has 1 unspecified atom stereocenters. The minimum absolute atomic E-state index is 0.180. The highest BCUT2D eigenvalue weighted by Crippen LogP contribution is 2.39. The second-order valence-corrected chi connectivity index (χ2v) is 7.50. The van der Waals surface area contributed by atoms with Crippen LogP contribution < -0.4 is 0 Å². The summed E-state index contributed by atoms with van der Waals surface area (Å²) >= 11 is 0. The maximum absolute atomic E-state index is 5.52. The lowest BCUT2D eigenvalue weighted by Crippen LogP contribution is -2.33. The Balaban J connectivity index is 1.46. The van der Waals surface area contributed by atoms with E-state index in [1.165, 1.54) is 29.5 Å². The van der Waals surface area contributed by atoms with Crippen LogP contribution in [0.15, 0.2) is 22.7 Å². The van der Waals surface area contributed by atoms with Gasteiger partial charge in [0.1, 0.15) is 0 Å². The van der Waals surface area contributed by atoms with Crippen LogP contribution in [0.25, 0.3) is 0 Å². The third-order valence-corrected chi connectivity index (χ3v) is 5.12. The van der Waals surface area contributed by atoms with Crippen molar-refractivity contribution in [1.82, 2.24) is 19.9 Å². The van der Waals surface area contributed by atoms with E-state index in [2.05, 4.69) is 59.2 Å². The fourth-order valence-corrected chi connectivity index (χ4v) is 3.50. The van der Waals surface area contributed by atoms with Gasteiger partial charge in [-0.25, -0.2) is 0 Å². The number of fused-ring (bicyclic) bond motifs is 1. The van der Waals surface area contributed by atoms with Gasteiger partial charge in [-0.15, -0.1) is 0 Å². The lowest BCUT2D eigenvalue weighted by atomic mass is 9.96. The van der Waals surface area contributed by atoms with E-state index >= 15 is 0 Å². The molecule has 2 aromatic rings. The third kappa shape index (κ3) is 3.23. The molecule has 1 atom stereocenters. The van der Waals surface area contributed by atoms with Gasteiger partial charge in [-0.2, -0.15) is 4.98 Å². The quantitative estimate of drug-likeness (QED) is 0.845. The highest BCUT2D eigenvalue weighted by molar-refractivity contribution is 5.34. The molecule has 24 heavy (non-hydrogen) atoms. The Labute approximate surface area is 143 Å². The van der Waals surface area contributed by atoms with Crippen molar-refractivity contribution in [3.8, 4) is 0 Å². The summed E-state index contributed by atoms with van der Waals surface area (Å²) in [6.07, 6.45) is 3.50. The molecule has 0 amide bonds. The molecular formula is C19H26N4O. The van der Waals surface area contributed by atoms with Crippen LogP contribution in [0.4, 0.5) is 0 Å². The molecule has 4 rings (SSSR count). The van der Waals surface area contributed by atoms with Crippen molar-refractivity contribution < 1.29 is 4.52 Å². The SMILES string of the molecule is CC(c1nc(C2CC2)no1)N1CCc2cc(CN(C)C)ccc2C1. The van der Waals surface area contributed by atoms with Crippen LogP contribution in [0, 0.1) is 0 Å². The average Bonchev–Trinajstić information content (AvgIpc) is 3.30. The smallest absolute Gasteiger partial charge is 0.243 e. The normalized spacial score (nSPS) is 19.5. The summed E-state index contributed by atoms with van der Waals surface area (Å²) in [5.74, 6) is 2.22. The van der Waals surface area contributed by atoms with Crippen molar-refractivity contribution in [2.24, 2.45) is 0 Å². The van der Waals surface area contributed by atoms with Crippen LogP contribution in [0.5, 0.6) is 0 Å². The van der Waals surface area contributed by atoms with Crippen molar-refractivity contribution in [3.63, 3.8) is 0 Å². The molecule has 2 heterocycles. The van der Waals surface area contributed by atoms with Gasteiger partial charge < -0.3 is 9.42 Å². The highest BCUT2D eigenvalue weighted by Gasteiger charge is 2.31. The van der Waals surface area contributed by atoms with Gasteiger partial charge in [-0.05, 0) is 57.0 Å². The van der Waals surface area contributed by atoms with Crippen LogP contribution in [-0.2, 0) is 19.5 Å². The number of nitrogens with zero attached hydrogens (tertiary/aromatic N) is 4. The lowest BCUT2D eigenvalue weighted by molar-refractivity contribution is 0.158. The first kappa shape index (κ1) is 15.8. The maximum atomic E-state index is 5.52. The predicted molar refractivity (Wildman–Crippen MR) is 92.6 cm³/mol. The fraction of sp³-hybridized carbons (Fsp3) is 0.579. The molecule has 1 aliphatic heterocycles. The molecule has 1 fully saturated rings. The molecule has 0 radical (unpaired) electrons. The van der Waals surface area contributed by atoms with Gasteiger partial charge in [0.15, 0.2) is 5.82 Å². The van der Waals surface area contributed by atoms with E-state index in [1.807, 2.05) is 0 Å². The second-order valence-electron chi connectivity index (χ2n) is 7.50. The summed E-state index contributed by atoms with van der Waals surface area (Å²) in [6, 6.07) is 7.09. The zero-order valence-corrected chi connectivity index (χ0v) is 14.8. The topological polar surface area (TPSA) is 45.4 Å². The van der Waals surface area contributed by atoms with E-state index in [0.29, 0.717) is 5.92 Å². The van der Waals surface area contributed by atoms with Gasteiger partial charge in [-0.3, -0.25) is 4.90 Å². The van der Waals surface area contributed by atoms with Gasteiger partial charge in [0, 0.05) is 25.6 Å². The minimum atomic E-state index is 0.180. The molecule has 0 saturated heterocycles. The monoisotopic (exact) mass is 326 g/mol. The fourth-order valence-electron chi connectivity index (χ4n) is 3.50. The second kappa shape index (κ2) is 6.30. The van der Waals surface area contributed by atoms with Crippen LogP contribution in [0.2, 0.25) is 0 Å². The summed E-state index contributed by atoms with van der Waals surface area (Å²) in [4.78, 5) is 9.28. The molecule has 128 valence electrons. The van der Waals surface area contributed by atoms with Crippen molar-refractivity contribution >= 4 is 0 Å². The zero-order chi connectivity index (χ0) is 16.7. The van der Waals surface area contributed by atoms with Gasteiger partial charge in [-0.1, -0.05) is 23.4 Å². The number of aromatic nitrogens is 2. The van der Waals surface area contributed by atoms with E-state index < -0.39 is 0 Å². The molecule has 1 saturated carbocycles. The molecular weight excluding hydrogens is 300 g/mol. The number of benzene rings is 1. The summed E-state index contributed by atoms with van der Waals surface area (Å²) in [5.41, 5.74) is 4.31. The average molecular weight is 326 g/mol. The first-order valence-corrected chi connectivity index (χ1v) is 8.93. The van der Waals surface area contributed by atoms with Crippen LogP contribution in [0.3, 0.4) is 0 Å². The first-order valence-electron chi connectivity index (χ1n) is 8.93. The van der Waals surface area contributed by atoms with Gasteiger partial charge in [0.2, 0.25) is 5.89 Å². The molecule has 1 aliphatic carbocycles. The van der Waals surface area contributed by atoms with Crippen molar-refractivity contribution in [2.45, 2.75) is 51.2 Å². The molecule has 0 N–H and O–H groups in total. The summed E-state index contributed by atoms with van der Waals surface area (Å²) in [6.45, 7) is 5.18. The van der Waals surface area contributed by atoms with E-state index in [0.717, 1.165) is 37.8 Å². The van der Waals surface area contributed by atoms with Crippen molar-refractivity contribution in [1.29, 1.82) is 0 Å². The molecule has 0 spiro atoms. The Morgan fingerprint density at radius 1 is 1.29 bits per heavy atom. The molecule has 5 heteroatoms. The van der Waals surface area contributed by atoms with Crippen molar-refractivity contribution in [2.75, 3.05) is 20.6 Å². The number of hydrogen-bond acceptors (Lipinski definition) is 5. The standard InChI is InChI=1S/C19H26N4O/c1-13(19-20-18(21-24-19)15-6-7-15)23-9-8-16-10-14(11-22(2)3)4-5-17(16)12-23/h4-5,10,13,15H,6-9,11-12H2,1-3H3. The van der Waals surface area contributed by atoms with E-state index in [-0.39, 0.29) is 6.04 Å². The Morgan fingerprint density at radius 3 is 2.88 bits per heavy atom. The number of rotatable bonds is 5. The van der Waals surface area contributed by atoms with Gasteiger partial charge in [0.05, 0.1) is 6.04 Å². The van der Waals surface area contributed by atoms with Crippen LogP contribution >= 0.6 is 0 Å². The van der Waals surface area contributed by atoms with Crippen LogP contribution in [-0.4, -0.2) is 40.6 Å². The first-order chi connectivity index (χ1) is 11.6. The van der Waals surface area contributed by atoms with Crippen LogP contribution in [0.1, 0.15) is 60.1 Å². The van der Waals surface area contributed by atoms with Crippen molar-refractivity contribution in [3.05, 3.63) is 46.6 Å². The minimum Gasteiger partial charge on any atom is -0.338 e. The number of hydrogen-bond donors (Lipinski definition) is 0. The van der Waals surface area contributed by atoms with Gasteiger partial charge in [0.25, 0.3) is 0 Å². The predicted octanol–water partition coefficient (Wildman–Crippen LogP) is 3.13. The summed E-state index contributed by atoms with van der Waals surface area (Å²) in [7, 11) is 4.23. The Morgan fingerprint density at radius 2 is 2.12 bits per heavy atom. The lowest BCUT2D eigenvalue weighted by Gasteiger charge is -2.32. The molecule has 0 bridgehead atoms. The van der Waals surface area contributed by atoms with E-state index in [9.17, 15) is 0 Å². The van der Waals surface area contributed by atoms with E-state index in [1.54, 1.807) is 0 Å². The Kier molecular flexibility index (Phi) is 4.14. The third-order valence-electron chi connectivity index (χ3n) is 5.12. The highest BCUT2D eigenvalue weighted by atomic mass is 16.5. The van der Waals surface area contributed by atoms with Gasteiger partial charge >= 0.3 is 0 Å². The summed E-state index contributed by atoms with van der Waals surface area (Å²) < 4.78 is 5.52. The molecule has 1 aromatic heterocycles. The Bertz CT molecular complexity index is 720. The largest absolute Gasteiger partial charge is 0.338 e. The maximum Gasteiger partial charge on any atom is 0.243 e. The van der Waals surface area contributed by atoms with E-state index in [4.69, 9.17) is 4.52 Å². The molecule has 1 aromatic carbocycles. The molecule has 5 nitrogen and oxygen atoms in total. The summed E-state index contributed by atoms with van der Waals surface area (Å²) in [5, 5.41) is 4.16.